The molecule has 0 aliphatic carbocycles. The molecule has 4 aromatic rings. The van der Waals surface area contributed by atoms with Crippen LogP contribution in [0, 0.1) is 17.1 Å². The van der Waals surface area contributed by atoms with E-state index in [9.17, 15) is 23.6 Å². The molecule has 186 valence electrons. The van der Waals surface area contributed by atoms with Gasteiger partial charge in [0.1, 0.15) is 10.6 Å². The molecular formula is C26H20FN5O4S. The average Bonchev–Trinajstić information content (AvgIpc) is 3.42. The van der Waals surface area contributed by atoms with Gasteiger partial charge in [-0.25, -0.2) is 9.18 Å². The zero-order valence-corrected chi connectivity index (χ0v) is 20.3. The molecule has 0 atom stereocenters. The molecule has 0 unspecified atom stereocenters. The van der Waals surface area contributed by atoms with E-state index in [4.69, 9.17) is 5.26 Å². The zero-order chi connectivity index (χ0) is 26.1. The van der Waals surface area contributed by atoms with Crippen LogP contribution in [-0.2, 0) is 6.54 Å². The molecule has 0 radical (unpaired) electrons. The van der Waals surface area contributed by atoms with Crippen molar-refractivity contribution in [2.24, 2.45) is 0 Å². The number of benzene rings is 2. The number of rotatable bonds is 4. The Morgan fingerprint density at radius 1 is 1.00 bits per heavy atom. The molecule has 2 aromatic carbocycles. The first-order valence-corrected chi connectivity index (χ1v) is 12.3. The summed E-state index contributed by atoms with van der Waals surface area (Å²) in [6.45, 7) is 1.04. The first-order chi connectivity index (χ1) is 17.9. The number of carbonyl (C=O) groups excluding carboxylic acids is 2. The third kappa shape index (κ3) is 4.66. The Balaban J connectivity index is 1.32. The van der Waals surface area contributed by atoms with Crippen LogP contribution in [0.1, 0.15) is 31.8 Å². The molecule has 0 spiro atoms. The molecule has 0 bridgehead atoms. The topological polar surface area (TPSA) is 119 Å². The number of nitriles is 1. The van der Waals surface area contributed by atoms with Crippen molar-refractivity contribution in [1.82, 2.24) is 19.4 Å². The normalized spacial score (nSPS) is 13.5. The number of amides is 2. The van der Waals surface area contributed by atoms with Crippen LogP contribution in [0.2, 0.25) is 0 Å². The van der Waals surface area contributed by atoms with Gasteiger partial charge in [0, 0.05) is 31.7 Å². The van der Waals surface area contributed by atoms with Crippen molar-refractivity contribution >= 4 is 33.4 Å². The number of nitrogens with zero attached hydrogens (tertiary/aromatic N) is 4. The van der Waals surface area contributed by atoms with E-state index in [0.717, 1.165) is 0 Å². The van der Waals surface area contributed by atoms with Crippen LogP contribution in [0.5, 0.6) is 0 Å². The van der Waals surface area contributed by atoms with Gasteiger partial charge < -0.3 is 9.80 Å². The number of fused-ring (bicyclic) bond motifs is 1. The van der Waals surface area contributed by atoms with E-state index in [1.54, 1.807) is 34.5 Å². The number of aromatic nitrogens is 2. The summed E-state index contributed by atoms with van der Waals surface area (Å²) in [4.78, 5) is 56.3. The number of nitrogens with one attached hydrogen (secondary N) is 1. The number of hydrogen-bond donors (Lipinski definition) is 1. The summed E-state index contributed by atoms with van der Waals surface area (Å²) in [7, 11) is 0. The van der Waals surface area contributed by atoms with Gasteiger partial charge in [-0.15, -0.1) is 11.3 Å². The fourth-order valence-electron chi connectivity index (χ4n) is 4.36. The molecule has 1 saturated heterocycles. The summed E-state index contributed by atoms with van der Waals surface area (Å²) in [5, 5.41) is 11.2. The molecule has 9 nitrogen and oxygen atoms in total. The van der Waals surface area contributed by atoms with Crippen LogP contribution >= 0.6 is 11.3 Å². The highest BCUT2D eigenvalue weighted by Crippen LogP contribution is 2.20. The van der Waals surface area contributed by atoms with E-state index < -0.39 is 23.0 Å². The number of thiophene rings is 1. The van der Waals surface area contributed by atoms with Gasteiger partial charge >= 0.3 is 5.69 Å². The highest BCUT2D eigenvalue weighted by Gasteiger charge is 2.27. The van der Waals surface area contributed by atoms with Crippen molar-refractivity contribution in [2.75, 3.05) is 26.2 Å². The molecule has 1 aliphatic rings. The van der Waals surface area contributed by atoms with Gasteiger partial charge in [0.25, 0.3) is 17.4 Å². The SMILES string of the molecule is N#Cc1cccc(C(=O)N2CCN(C(=O)c3cc(Cn4c(=O)[nH]c(=O)c5ccsc54)ccc3F)CC2)c1. The molecule has 1 aliphatic heterocycles. The molecule has 3 heterocycles. The van der Waals surface area contributed by atoms with Gasteiger partial charge in [-0.2, -0.15) is 5.26 Å². The summed E-state index contributed by atoms with van der Waals surface area (Å²) in [6.07, 6.45) is 0. The van der Waals surface area contributed by atoms with Crippen molar-refractivity contribution in [2.45, 2.75) is 6.54 Å². The van der Waals surface area contributed by atoms with Crippen LogP contribution < -0.4 is 11.2 Å². The predicted octanol–water partition coefficient (Wildman–Crippen LogP) is 2.41. The molecule has 5 rings (SSSR count). The van der Waals surface area contributed by atoms with Crippen molar-refractivity contribution < 1.29 is 14.0 Å². The first-order valence-electron chi connectivity index (χ1n) is 11.4. The van der Waals surface area contributed by atoms with Crippen molar-refractivity contribution in [1.29, 1.82) is 5.26 Å². The second kappa shape index (κ2) is 9.83. The maximum Gasteiger partial charge on any atom is 0.329 e. The summed E-state index contributed by atoms with van der Waals surface area (Å²) < 4.78 is 16.1. The van der Waals surface area contributed by atoms with E-state index in [1.165, 1.54) is 45.1 Å². The highest BCUT2D eigenvalue weighted by atomic mass is 32.1. The molecular weight excluding hydrogens is 497 g/mol. The van der Waals surface area contributed by atoms with Crippen molar-refractivity contribution in [3.63, 3.8) is 0 Å². The lowest BCUT2D eigenvalue weighted by molar-refractivity contribution is 0.0532. The standard InChI is InChI=1S/C26H20FN5O4S/c27-21-5-4-17(15-32-25-19(6-11-37-25)22(33)29-26(32)36)13-20(21)24(35)31-9-7-30(8-10-31)23(34)18-3-1-2-16(12-18)14-28/h1-6,11-13H,7-10,15H2,(H,29,33,36). The van der Waals surface area contributed by atoms with Gasteiger partial charge in [-0.05, 0) is 47.3 Å². The number of piperazine rings is 1. The van der Waals surface area contributed by atoms with Gasteiger partial charge in [0.15, 0.2) is 0 Å². The first kappa shape index (κ1) is 24.1. The number of halogens is 1. The number of hydrogen-bond acceptors (Lipinski definition) is 6. The van der Waals surface area contributed by atoms with Crippen LogP contribution in [0.15, 0.2) is 63.5 Å². The molecule has 37 heavy (non-hydrogen) atoms. The number of H-pyrrole nitrogens is 1. The Kier molecular flexibility index (Phi) is 6.42. The van der Waals surface area contributed by atoms with Crippen LogP contribution in [0.3, 0.4) is 0 Å². The van der Waals surface area contributed by atoms with E-state index in [0.29, 0.717) is 26.9 Å². The minimum atomic E-state index is -0.685. The van der Waals surface area contributed by atoms with E-state index in [2.05, 4.69) is 4.98 Å². The molecule has 2 amide bonds. The number of carbonyl (C=O) groups is 2. The van der Waals surface area contributed by atoms with Gasteiger partial charge in [0.2, 0.25) is 0 Å². The van der Waals surface area contributed by atoms with Gasteiger partial charge in [-0.3, -0.25) is 23.9 Å². The molecule has 11 heteroatoms. The molecule has 1 fully saturated rings. The van der Waals surface area contributed by atoms with Crippen LogP contribution in [-0.4, -0.2) is 57.3 Å². The average molecular weight is 518 g/mol. The van der Waals surface area contributed by atoms with Crippen LogP contribution in [0.25, 0.3) is 10.2 Å². The Morgan fingerprint density at radius 2 is 1.73 bits per heavy atom. The lowest BCUT2D eigenvalue weighted by Gasteiger charge is -2.35. The molecule has 2 aromatic heterocycles. The maximum atomic E-state index is 14.7. The minimum Gasteiger partial charge on any atom is -0.335 e. The summed E-state index contributed by atoms with van der Waals surface area (Å²) >= 11 is 1.25. The van der Waals surface area contributed by atoms with Crippen LogP contribution in [0.4, 0.5) is 4.39 Å². The Bertz CT molecular complexity index is 1690. The second-order valence-corrected chi connectivity index (χ2v) is 9.47. The van der Waals surface area contributed by atoms with Gasteiger partial charge in [0.05, 0.1) is 29.1 Å². The van der Waals surface area contributed by atoms with E-state index in [1.807, 2.05) is 6.07 Å². The summed E-state index contributed by atoms with van der Waals surface area (Å²) in [5.74, 6) is -1.42. The summed E-state index contributed by atoms with van der Waals surface area (Å²) in [6, 6.07) is 14.2. The predicted molar refractivity (Wildman–Crippen MR) is 135 cm³/mol. The van der Waals surface area contributed by atoms with Crippen molar-refractivity contribution in [3.8, 4) is 6.07 Å². The fourth-order valence-corrected chi connectivity index (χ4v) is 5.25. The fraction of sp³-hybridized carbons (Fsp3) is 0.192. The minimum absolute atomic E-state index is 0.0528. The third-order valence-electron chi connectivity index (χ3n) is 6.29. The van der Waals surface area contributed by atoms with Gasteiger partial charge in [-0.1, -0.05) is 12.1 Å². The Hall–Kier alpha value is -4.56. The largest absolute Gasteiger partial charge is 0.335 e. The molecule has 1 N–H and O–H groups in total. The monoisotopic (exact) mass is 517 g/mol. The third-order valence-corrected chi connectivity index (χ3v) is 7.23. The highest BCUT2D eigenvalue weighted by molar-refractivity contribution is 7.16. The smallest absolute Gasteiger partial charge is 0.329 e. The molecule has 0 saturated carbocycles. The lowest BCUT2D eigenvalue weighted by Crippen LogP contribution is -2.50. The Morgan fingerprint density at radius 3 is 2.46 bits per heavy atom. The Labute approximate surface area is 213 Å². The summed E-state index contributed by atoms with van der Waals surface area (Å²) in [5.41, 5.74) is 0.133. The van der Waals surface area contributed by atoms with E-state index in [-0.39, 0.29) is 44.2 Å². The zero-order valence-electron chi connectivity index (χ0n) is 19.4. The lowest BCUT2D eigenvalue weighted by atomic mass is 10.1. The maximum absolute atomic E-state index is 14.7. The second-order valence-electron chi connectivity index (χ2n) is 8.58. The number of aromatic amines is 1. The van der Waals surface area contributed by atoms with Crippen molar-refractivity contribution in [3.05, 3.63) is 103 Å². The quantitative estimate of drug-likeness (QED) is 0.446. The van der Waals surface area contributed by atoms with E-state index >= 15 is 0 Å².